The van der Waals surface area contributed by atoms with E-state index >= 15 is 0 Å². The molecule has 0 aromatic heterocycles. The lowest BCUT2D eigenvalue weighted by Gasteiger charge is -1.93. The fourth-order valence-corrected chi connectivity index (χ4v) is 1.95. The Kier molecular flexibility index (Phi) is 2.45. The molecule has 0 bridgehead atoms. The van der Waals surface area contributed by atoms with Gasteiger partial charge in [-0.15, -0.1) is 0 Å². The quantitative estimate of drug-likeness (QED) is 0.682. The minimum atomic E-state index is 0.231. The number of hydrogen-bond acceptors (Lipinski definition) is 3. The van der Waals surface area contributed by atoms with E-state index in [1.165, 1.54) is 11.8 Å². The SMILES string of the molecule is O=C1CC(=Nc2ccccc2)CS1. The first-order valence-electron chi connectivity index (χ1n) is 4.12. The summed E-state index contributed by atoms with van der Waals surface area (Å²) >= 11 is 1.35. The lowest BCUT2D eigenvalue weighted by Crippen LogP contribution is -1.93. The van der Waals surface area contributed by atoms with Gasteiger partial charge in [-0.05, 0) is 12.1 Å². The molecule has 66 valence electrons. The van der Waals surface area contributed by atoms with Crippen molar-refractivity contribution in [2.24, 2.45) is 4.99 Å². The van der Waals surface area contributed by atoms with Crippen molar-refractivity contribution < 1.29 is 4.79 Å². The van der Waals surface area contributed by atoms with Gasteiger partial charge in [-0.2, -0.15) is 0 Å². The van der Waals surface area contributed by atoms with Gasteiger partial charge in [0.05, 0.1) is 12.1 Å². The van der Waals surface area contributed by atoms with Crippen LogP contribution in [0, 0.1) is 0 Å². The molecule has 0 N–H and O–H groups in total. The largest absolute Gasteiger partial charge is 0.287 e. The number of thioether (sulfide) groups is 1. The van der Waals surface area contributed by atoms with E-state index in [4.69, 9.17) is 0 Å². The number of benzene rings is 1. The molecule has 0 unspecified atom stereocenters. The number of carbonyl (C=O) groups is 1. The molecule has 0 spiro atoms. The first kappa shape index (κ1) is 8.51. The van der Waals surface area contributed by atoms with Crippen molar-refractivity contribution in [3.8, 4) is 0 Å². The standard InChI is InChI=1S/C10H9NOS/c12-10-6-9(7-13-10)11-8-4-2-1-3-5-8/h1-5H,6-7H2. The van der Waals surface area contributed by atoms with Crippen molar-refractivity contribution >= 4 is 28.3 Å². The van der Waals surface area contributed by atoms with Gasteiger partial charge in [-0.25, -0.2) is 0 Å². The maximum atomic E-state index is 10.9. The van der Waals surface area contributed by atoms with Crippen LogP contribution >= 0.6 is 11.8 Å². The summed E-state index contributed by atoms with van der Waals surface area (Å²) in [6.07, 6.45) is 0.513. The lowest BCUT2D eigenvalue weighted by molar-refractivity contribution is -0.109. The van der Waals surface area contributed by atoms with Crippen molar-refractivity contribution in [2.45, 2.75) is 6.42 Å². The summed E-state index contributed by atoms with van der Waals surface area (Å²) in [5.74, 6) is 0.758. The Balaban J connectivity index is 2.17. The fraction of sp³-hybridized carbons (Fsp3) is 0.200. The first-order valence-corrected chi connectivity index (χ1v) is 5.10. The fourth-order valence-electron chi connectivity index (χ4n) is 1.19. The number of carbonyl (C=O) groups excluding carboxylic acids is 1. The van der Waals surface area contributed by atoms with Crippen molar-refractivity contribution in [2.75, 3.05) is 5.75 Å². The monoisotopic (exact) mass is 191 g/mol. The van der Waals surface area contributed by atoms with Crippen LogP contribution in [0.1, 0.15) is 6.42 Å². The van der Waals surface area contributed by atoms with Crippen LogP contribution in [0.25, 0.3) is 0 Å². The van der Waals surface area contributed by atoms with E-state index < -0.39 is 0 Å². The Labute approximate surface area is 81.1 Å². The van der Waals surface area contributed by atoms with Crippen LogP contribution in [-0.2, 0) is 4.79 Å². The molecule has 0 aliphatic carbocycles. The van der Waals surface area contributed by atoms with E-state index in [-0.39, 0.29) is 5.12 Å². The summed E-state index contributed by atoms with van der Waals surface area (Å²) in [6, 6.07) is 9.74. The topological polar surface area (TPSA) is 29.4 Å². The van der Waals surface area contributed by atoms with E-state index in [0.29, 0.717) is 6.42 Å². The van der Waals surface area contributed by atoms with Gasteiger partial charge < -0.3 is 0 Å². The smallest absolute Gasteiger partial charge is 0.194 e. The molecule has 2 rings (SSSR count). The number of nitrogens with zero attached hydrogens (tertiary/aromatic N) is 1. The van der Waals surface area contributed by atoms with Gasteiger partial charge in [0.25, 0.3) is 0 Å². The number of aliphatic imine (C=N–C) groups is 1. The molecule has 1 heterocycles. The van der Waals surface area contributed by atoms with Crippen molar-refractivity contribution in [3.05, 3.63) is 30.3 Å². The second kappa shape index (κ2) is 3.75. The average molecular weight is 191 g/mol. The van der Waals surface area contributed by atoms with Crippen LogP contribution < -0.4 is 0 Å². The third-order valence-electron chi connectivity index (χ3n) is 1.79. The molecular weight excluding hydrogens is 182 g/mol. The van der Waals surface area contributed by atoms with Gasteiger partial charge in [0.2, 0.25) is 0 Å². The lowest BCUT2D eigenvalue weighted by atomic mass is 10.3. The van der Waals surface area contributed by atoms with Crippen LogP contribution in [-0.4, -0.2) is 16.6 Å². The Morgan fingerprint density at radius 3 is 2.62 bits per heavy atom. The third-order valence-corrected chi connectivity index (χ3v) is 2.74. The molecule has 1 aliphatic heterocycles. The van der Waals surface area contributed by atoms with E-state index in [1.54, 1.807) is 0 Å². The minimum absolute atomic E-state index is 0.231. The summed E-state index contributed by atoms with van der Waals surface area (Å²) < 4.78 is 0. The maximum Gasteiger partial charge on any atom is 0.194 e. The Hall–Kier alpha value is -1.09. The van der Waals surface area contributed by atoms with Crippen molar-refractivity contribution in [1.82, 2.24) is 0 Å². The Morgan fingerprint density at radius 2 is 2.00 bits per heavy atom. The number of hydrogen-bond donors (Lipinski definition) is 0. The minimum Gasteiger partial charge on any atom is -0.287 e. The van der Waals surface area contributed by atoms with Gasteiger partial charge in [0.15, 0.2) is 5.12 Å². The Morgan fingerprint density at radius 1 is 1.23 bits per heavy atom. The Bertz CT molecular complexity index is 345. The van der Waals surface area contributed by atoms with E-state index in [1.807, 2.05) is 30.3 Å². The van der Waals surface area contributed by atoms with Crippen LogP contribution in [0.4, 0.5) is 5.69 Å². The zero-order valence-corrected chi connectivity index (χ0v) is 7.88. The molecule has 0 atom stereocenters. The molecular formula is C10H9NOS. The summed E-state index contributed by atoms with van der Waals surface area (Å²) in [5.41, 5.74) is 1.93. The summed E-state index contributed by atoms with van der Waals surface area (Å²) in [6.45, 7) is 0. The molecule has 13 heavy (non-hydrogen) atoms. The van der Waals surface area contributed by atoms with E-state index in [9.17, 15) is 4.79 Å². The predicted molar refractivity (Wildman–Crippen MR) is 55.6 cm³/mol. The molecule has 2 nitrogen and oxygen atoms in total. The first-order chi connectivity index (χ1) is 6.34. The second-order valence-corrected chi connectivity index (χ2v) is 3.88. The number of rotatable bonds is 1. The summed E-state index contributed by atoms with van der Waals surface area (Å²) in [5, 5.41) is 0.231. The van der Waals surface area contributed by atoms with Crippen LogP contribution in [0.5, 0.6) is 0 Å². The van der Waals surface area contributed by atoms with Crippen LogP contribution in [0.3, 0.4) is 0 Å². The van der Waals surface area contributed by atoms with E-state index in [0.717, 1.165) is 17.2 Å². The molecule has 3 heteroatoms. The molecule has 0 amide bonds. The van der Waals surface area contributed by atoms with Gasteiger partial charge in [-0.1, -0.05) is 30.0 Å². The van der Waals surface area contributed by atoms with Gasteiger partial charge in [0, 0.05) is 11.5 Å². The summed E-state index contributed by atoms with van der Waals surface area (Å²) in [4.78, 5) is 15.3. The molecule has 0 saturated carbocycles. The molecule has 1 aromatic rings. The van der Waals surface area contributed by atoms with Crippen molar-refractivity contribution in [1.29, 1.82) is 0 Å². The second-order valence-electron chi connectivity index (χ2n) is 2.85. The molecule has 1 saturated heterocycles. The number of para-hydroxylation sites is 1. The highest BCUT2D eigenvalue weighted by Gasteiger charge is 2.17. The molecule has 0 radical (unpaired) electrons. The highest BCUT2D eigenvalue weighted by atomic mass is 32.2. The highest BCUT2D eigenvalue weighted by Crippen LogP contribution is 2.20. The molecule has 1 aliphatic rings. The zero-order valence-electron chi connectivity index (χ0n) is 7.06. The van der Waals surface area contributed by atoms with Gasteiger partial charge in [0.1, 0.15) is 0 Å². The normalized spacial score (nSPS) is 19.7. The third kappa shape index (κ3) is 2.18. The molecule has 1 aromatic carbocycles. The predicted octanol–water partition coefficient (Wildman–Crippen LogP) is 2.42. The van der Waals surface area contributed by atoms with E-state index in [2.05, 4.69) is 4.99 Å². The maximum absolute atomic E-state index is 10.9. The summed E-state index contributed by atoms with van der Waals surface area (Å²) in [7, 11) is 0. The highest BCUT2D eigenvalue weighted by molar-refractivity contribution is 8.14. The van der Waals surface area contributed by atoms with Crippen LogP contribution in [0.15, 0.2) is 35.3 Å². The zero-order chi connectivity index (χ0) is 9.10. The molecule has 1 fully saturated rings. The van der Waals surface area contributed by atoms with Crippen molar-refractivity contribution in [3.63, 3.8) is 0 Å². The average Bonchev–Trinajstić information content (AvgIpc) is 2.53. The van der Waals surface area contributed by atoms with Crippen LogP contribution in [0.2, 0.25) is 0 Å². The van der Waals surface area contributed by atoms with Gasteiger partial charge >= 0.3 is 0 Å². The van der Waals surface area contributed by atoms with Gasteiger partial charge in [-0.3, -0.25) is 9.79 Å².